The quantitative estimate of drug-likeness (QED) is 0.698. The highest BCUT2D eigenvalue weighted by Crippen LogP contribution is 2.40. The predicted octanol–water partition coefficient (Wildman–Crippen LogP) is 3.57. The van der Waals surface area contributed by atoms with E-state index in [-0.39, 0.29) is 12.0 Å². The van der Waals surface area contributed by atoms with E-state index in [1.165, 1.54) is 7.11 Å². The Kier molecular flexibility index (Phi) is 4.40. The van der Waals surface area contributed by atoms with Crippen LogP contribution in [0.25, 0.3) is 10.9 Å². The summed E-state index contributed by atoms with van der Waals surface area (Å²) in [7, 11) is 3.12. The maximum atomic E-state index is 12.4. The highest BCUT2D eigenvalue weighted by molar-refractivity contribution is 5.87. The Bertz CT molecular complexity index is 1020. The molecule has 0 saturated carbocycles. The minimum atomic E-state index is -0.405. The third kappa shape index (κ3) is 2.88. The van der Waals surface area contributed by atoms with Crippen molar-refractivity contribution in [1.82, 2.24) is 10.3 Å². The lowest BCUT2D eigenvalue weighted by atomic mass is 9.88. The van der Waals surface area contributed by atoms with Gasteiger partial charge in [0.25, 0.3) is 0 Å². The van der Waals surface area contributed by atoms with Crippen LogP contribution < -0.4 is 10.1 Å². The van der Waals surface area contributed by atoms with Crippen molar-refractivity contribution in [1.29, 1.82) is 0 Å². The van der Waals surface area contributed by atoms with Crippen LogP contribution >= 0.6 is 0 Å². The molecular weight excluding hydrogens is 340 g/mol. The summed E-state index contributed by atoms with van der Waals surface area (Å²) in [6, 6.07) is 11.8. The van der Waals surface area contributed by atoms with Crippen LogP contribution in [0.3, 0.4) is 0 Å². The van der Waals surface area contributed by atoms with Crippen molar-refractivity contribution in [3.05, 3.63) is 64.3 Å². The molecule has 0 bridgehead atoms. The Hall–Kier alpha value is -2.79. The number of hydrogen-bond acceptors (Lipinski definition) is 4. The number of nitrogens with one attached hydrogen (secondary N) is 2. The number of methoxy groups -OCH3 is 2. The van der Waals surface area contributed by atoms with E-state index in [4.69, 9.17) is 9.47 Å². The van der Waals surface area contributed by atoms with Crippen LogP contribution in [0.2, 0.25) is 0 Å². The number of fused-ring (bicyclic) bond motifs is 3. The molecule has 1 aliphatic rings. The summed E-state index contributed by atoms with van der Waals surface area (Å²) in [5, 5.41) is 4.63. The molecule has 0 aliphatic carbocycles. The van der Waals surface area contributed by atoms with Crippen LogP contribution in [-0.4, -0.2) is 31.2 Å². The van der Waals surface area contributed by atoms with Crippen LogP contribution in [0.4, 0.5) is 0 Å². The van der Waals surface area contributed by atoms with Crippen LogP contribution in [-0.2, 0) is 16.0 Å². The fraction of sp³-hybridized carbons (Fsp3) is 0.318. The minimum Gasteiger partial charge on any atom is -0.496 e. The fourth-order valence-electron chi connectivity index (χ4n) is 4.25. The number of aromatic nitrogens is 1. The minimum absolute atomic E-state index is 0.182. The summed E-state index contributed by atoms with van der Waals surface area (Å²) >= 11 is 0. The predicted molar refractivity (Wildman–Crippen MR) is 105 cm³/mol. The Balaban J connectivity index is 1.94. The van der Waals surface area contributed by atoms with Gasteiger partial charge in [-0.3, -0.25) is 10.1 Å². The SMILES string of the molecule is COC(=O)C1Cc2c([nH]c3ccccc23)C(c2cc(C)cc(C)c2OC)N1. The molecule has 0 spiro atoms. The molecule has 140 valence electrons. The van der Waals surface area contributed by atoms with Crippen molar-refractivity contribution in [2.24, 2.45) is 0 Å². The molecule has 27 heavy (non-hydrogen) atoms. The number of hydrogen-bond donors (Lipinski definition) is 2. The van der Waals surface area contributed by atoms with Crippen LogP contribution in [0.1, 0.15) is 34.0 Å². The number of H-pyrrole nitrogens is 1. The van der Waals surface area contributed by atoms with E-state index in [2.05, 4.69) is 41.5 Å². The highest BCUT2D eigenvalue weighted by atomic mass is 16.5. The van der Waals surface area contributed by atoms with E-state index in [9.17, 15) is 4.79 Å². The molecule has 0 radical (unpaired) electrons. The monoisotopic (exact) mass is 364 g/mol. The number of aromatic amines is 1. The van der Waals surface area contributed by atoms with Crippen molar-refractivity contribution >= 4 is 16.9 Å². The van der Waals surface area contributed by atoms with Gasteiger partial charge in [0.05, 0.1) is 20.3 Å². The van der Waals surface area contributed by atoms with Gasteiger partial charge in [-0.05, 0) is 31.0 Å². The van der Waals surface area contributed by atoms with Crippen LogP contribution in [0, 0.1) is 13.8 Å². The summed E-state index contributed by atoms with van der Waals surface area (Å²) < 4.78 is 10.8. The maximum Gasteiger partial charge on any atom is 0.323 e. The number of para-hydroxylation sites is 1. The van der Waals surface area contributed by atoms with Crippen LogP contribution in [0.15, 0.2) is 36.4 Å². The smallest absolute Gasteiger partial charge is 0.323 e. The maximum absolute atomic E-state index is 12.4. The summed E-state index contributed by atoms with van der Waals surface area (Å²) in [5.74, 6) is 0.590. The molecule has 2 atom stereocenters. The van der Waals surface area contributed by atoms with Gasteiger partial charge in [-0.15, -0.1) is 0 Å². The standard InChI is InChI=1S/C22H24N2O3/c1-12-9-13(2)21(26-3)16(10-12)20-19-15(11-18(24-20)22(25)27-4)14-7-5-6-8-17(14)23-19/h5-10,18,20,23-24H,11H2,1-4H3. The molecule has 2 aromatic carbocycles. The lowest BCUT2D eigenvalue weighted by molar-refractivity contribution is -0.143. The number of rotatable bonds is 3. The topological polar surface area (TPSA) is 63.4 Å². The van der Waals surface area contributed by atoms with Gasteiger partial charge < -0.3 is 14.5 Å². The number of aryl methyl sites for hydroxylation is 2. The van der Waals surface area contributed by atoms with Crippen molar-refractivity contribution < 1.29 is 14.3 Å². The molecule has 2 unspecified atom stereocenters. The van der Waals surface area contributed by atoms with Gasteiger partial charge in [-0.1, -0.05) is 35.9 Å². The van der Waals surface area contributed by atoms with Gasteiger partial charge in [0.15, 0.2) is 0 Å². The van der Waals surface area contributed by atoms with E-state index in [0.717, 1.165) is 44.6 Å². The number of carbonyl (C=O) groups is 1. The van der Waals surface area contributed by atoms with E-state index in [0.29, 0.717) is 6.42 Å². The first-order valence-electron chi connectivity index (χ1n) is 9.12. The number of ether oxygens (including phenoxy) is 2. The molecule has 5 nitrogen and oxygen atoms in total. The second-order valence-electron chi connectivity index (χ2n) is 7.15. The van der Waals surface area contributed by atoms with Gasteiger partial charge in [0.1, 0.15) is 11.8 Å². The van der Waals surface area contributed by atoms with E-state index in [1.54, 1.807) is 7.11 Å². The second kappa shape index (κ2) is 6.74. The van der Waals surface area contributed by atoms with E-state index < -0.39 is 6.04 Å². The lowest BCUT2D eigenvalue weighted by Gasteiger charge is -2.31. The van der Waals surface area contributed by atoms with Crippen LogP contribution in [0.5, 0.6) is 5.75 Å². The molecule has 0 amide bonds. The van der Waals surface area contributed by atoms with Crippen molar-refractivity contribution in [2.75, 3.05) is 14.2 Å². The zero-order valence-electron chi connectivity index (χ0n) is 16.1. The highest BCUT2D eigenvalue weighted by Gasteiger charge is 2.36. The molecule has 1 aromatic heterocycles. The summed E-state index contributed by atoms with van der Waals surface area (Å²) in [4.78, 5) is 15.9. The van der Waals surface area contributed by atoms with Gasteiger partial charge >= 0.3 is 5.97 Å². The van der Waals surface area contributed by atoms with Gasteiger partial charge in [-0.2, -0.15) is 0 Å². The molecule has 2 N–H and O–H groups in total. The van der Waals surface area contributed by atoms with Gasteiger partial charge in [0.2, 0.25) is 0 Å². The average molecular weight is 364 g/mol. The summed E-state index contributed by atoms with van der Waals surface area (Å²) in [6.45, 7) is 4.12. The summed E-state index contributed by atoms with van der Waals surface area (Å²) in [6.07, 6.45) is 0.593. The average Bonchev–Trinajstić information content (AvgIpc) is 3.04. The molecule has 2 heterocycles. The first-order valence-corrected chi connectivity index (χ1v) is 9.12. The number of carbonyl (C=O) groups excluding carboxylic acids is 1. The first kappa shape index (κ1) is 17.6. The Morgan fingerprint density at radius 1 is 1.15 bits per heavy atom. The Labute approximate surface area is 158 Å². The summed E-state index contributed by atoms with van der Waals surface area (Å²) in [5.41, 5.74) is 6.57. The van der Waals surface area contributed by atoms with E-state index >= 15 is 0 Å². The number of esters is 1. The molecule has 1 aliphatic heterocycles. The molecule has 4 rings (SSSR count). The Morgan fingerprint density at radius 3 is 2.67 bits per heavy atom. The van der Waals surface area contributed by atoms with Gasteiger partial charge in [-0.25, -0.2) is 0 Å². The third-order valence-electron chi connectivity index (χ3n) is 5.36. The largest absolute Gasteiger partial charge is 0.496 e. The fourth-order valence-corrected chi connectivity index (χ4v) is 4.25. The zero-order chi connectivity index (χ0) is 19.1. The Morgan fingerprint density at radius 2 is 1.93 bits per heavy atom. The van der Waals surface area contributed by atoms with Crippen molar-refractivity contribution in [2.45, 2.75) is 32.4 Å². The molecule has 0 fully saturated rings. The number of benzene rings is 2. The second-order valence-corrected chi connectivity index (χ2v) is 7.15. The first-order chi connectivity index (χ1) is 13.0. The molecule has 5 heteroatoms. The molecular formula is C22H24N2O3. The molecule has 3 aromatic rings. The third-order valence-corrected chi connectivity index (χ3v) is 5.36. The lowest BCUT2D eigenvalue weighted by Crippen LogP contribution is -2.45. The molecule has 0 saturated heterocycles. The van der Waals surface area contributed by atoms with E-state index in [1.807, 2.05) is 19.1 Å². The zero-order valence-corrected chi connectivity index (χ0v) is 16.1. The van der Waals surface area contributed by atoms with Gasteiger partial charge in [0, 0.05) is 28.6 Å². The van der Waals surface area contributed by atoms with Crippen molar-refractivity contribution in [3.8, 4) is 5.75 Å². The van der Waals surface area contributed by atoms with Crippen molar-refractivity contribution in [3.63, 3.8) is 0 Å². The normalized spacial score (nSPS) is 19.0.